The molecule has 0 bridgehead atoms. The van der Waals surface area contributed by atoms with Crippen molar-refractivity contribution in [1.29, 1.82) is 0 Å². The fourth-order valence-corrected chi connectivity index (χ4v) is 1.89. The van der Waals surface area contributed by atoms with Crippen LogP contribution in [0.25, 0.3) is 0 Å². The van der Waals surface area contributed by atoms with E-state index in [9.17, 15) is 0 Å². The second kappa shape index (κ2) is 6.47. The number of methoxy groups -OCH3 is 2. The first-order valence-electron chi connectivity index (χ1n) is 5.73. The lowest BCUT2D eigenvalue weighted by Crippen LogP contribution is -2.13. The standard InChI is InChI=1S/C13H21NO3/c1-9-7-11(16-2)13(12(8-9)17-3)10(14)5-4-6-15/h7-8,10,15H,4-6,14H2,1-3H3/t10-/m0/s1. The van der Waals surface area contributed by atoms with Crippen LogP contribution in [0.5, 0.6) is 11.5 Å². The molecule has 0 aliphatic rings. The maximum Gasteiger partial charge on any atom is 0.127 e. The minimum absolute atomic E-state index is 0.143. The molecule has 0 aromatic heterocycles. The highest BCUT2D eigenvalue weighted by Gasteiger charge is 2.17. The van der Waals surface area contributed by atoms with E-state index < -0.39 is 0 Å². The van der Waals surface area contributed by atoms with Crippen molar-refractivity contribution in [3.63, 3.8) is 0 Å². The zero-order chi connectivity index (χ0) is 12.8. The van der Waals surface area contributed by atoms with E-state index >= 15 is 0 Å². The van der Waals surface area contributed by atoms with Gasteiger partial charge in [0.1, 0.15) is 11.5 Å². The molecule has 0 saturated carbocycles. The van der Waals surface area contributed by atoms with Gasteiger partial charge >= 0.3 is 0 Å². The highest BCUT2D eigenvalue weighted by Crippen LogP contribution is 2.36. The summed E-state index contributed by atoms with van der Waals surface area (Å²) < 4.78 is 10.7. The predicted molar refractivity (Wildman–Crippen MR) is 67.5 cm³/mol. The fraction of sp³-hybridized carbons (Fsp3) is 0.538. The van der Waals surface area contributed by atoms with Gasteiger partial charge in [-0.3, -0.25) is 0 Å². The Hall–Kier alpha value is -1.26. The Kier molecular flexibility index (Phi) is 5.25. The van der Waals surface area contributed by atoms with Gasteiger partial charge in [-0.25, -0.2) is 0 Å². The topological polar surface area (TPSA) is 64.7 Å². The van der Waals surface area contributed by atoms with Crippen LogP contribution < -0.4 is 15.2 Å². The molecule has 4 nitrogen and oxygen atoms in total. The van der Waals surface area contributed by atoms with Crippen LogP contribution in [0.4, 0.5) is 0 Å². The van der Waals surface area contributed by atoms with E-state index in [0.29, 0.717) is 12.8 Å². The zero-order valence-electron chi connectivity index (χ0n) is 10.7. The second-order valence-electron chi connectivity index (χ2n) is 4.06. The number of aryl methyl sites for hydroxylation is 1. The summed E-state index contributed by atoms with van der Waals surface area (Å²) in [7, 11) is 3.24. The van der Waals surface area contributed by atoms with Crippen LogP contribution in [-0.4, -0.2) is 25.9 Å². The first-order chi connectivity index (χ1) is 8.13. The third-order valence-electron chi connectivity index (χ3n) is 2.73. The lowest BCUT2D eigenvalue weighted by molar-refractivity contribution is 0.278. The molecule has 3 N–H and O–H groups in total. The number of hydrogen-bond donors (Lipinski definition) is 2. The molecule has 0 fully saturated rings. The van der Waals surface area contributed by atoms with E-state index in [4.69, 9.17) is 20.3 Å². The Morgan fingerprint density at radius 2 is 1.76 bits per heavy atom. The van der Waals surface area contributed by atoms with E-state index in [1.165, 1.54) is 0 Å². The van der Waals surface area contributed by atoms with Crippen LogP contribution in [0.1, 0.15) is 30.0 Å². The van der Waals surface area contributed by atoms with Gasteiger partial charge < -0.3 is 20.3 Å². The molecule has 0 amide bonds. The van der Waals surface area contributed by atoms with Crippen molar-refractivity contribution >= 4 is 0 Å². The van der Waals surface area contributed by atoms with Gasteiger partial charge in [0, 0.05) is 12.6 Å². The van der Waals surface area contributed by atoms with Crippen molar-refractivity contribution in [3.8, 4) is 11.5 Å². The van der Waals surface area contributed by atoms with Gasteiger partial charge in [0.25, 0.3) is 0 Å². The summed E-state index contributed by atoms with van der Waals surface area (Å²) in [4.78, 5) is 0. The van der Waals surface area contributed by atoms with E-state index in [2.05, 4.69) is 0 Å². The number of rotatable bonds is 6. The molecule has 1 aromatic carbocycles. The summed E-state index contributed by atoms with van der Waals surface area (Å²) in [5.74, 6) is 1.49. The molecule has 0 spiro atoms. The van der Waals surface area contributed by atoms with Crippen molar-refractivity contribution < 1.29 is 14.6 Å². The molecule has 0 radical (unpaired) electrons. The van der Waals surface area contributed by atoms with Gasteiger partial charge in [-0.05, 0) is 37.5 Å². The van der Waals surface area contributed by atoms with Crippen LogP contribution >= 0.6 is 0 Å². The molecular weight excluding hydrogens is 218 g/mol. The lowest BCUT2D eigenvalue weighted by Gasteiger charge is -2.19. The zero-order valence-corrected chi connectivity index (χ0v) is 10.7. The number of hydrogen-bond acceptors (Lipinski definition) is 4. The van der Waals surface area contributed by atoms with Gasteiger partial charge in [0.2, 0.25) is 0 Å². The number of aliphatic hydroxyl groups is 1. The van der Waals surface area contributed by atoms with E-state index in [1.54, 1.807) is 14.2 Å². The number of ether oxygens (including phenoxy) is 2. The molecule has 1 rings (SSSR count). The smallest absolute Gasteiger partial charge is 0.127 e. The summed E-state index contributed by atoms with van der Waals surface area (Å²) in [6, 6.07) is 3.69. The Bertz CT molecular complexity index is 341. The third kappa shape index (κ3) is 3.35. The first-order valence-corrected chi connectivity index (χ1v) is 5.73. The molecule has 0 saturated heterocycles. The Morgan fingerprint density at radius 1 is 1.24 bits per heavy atom. The van der Waals surface area contributed by atoms with Crippen LogP contribution in [-0.2, 0) is 0 Å². The first kappa shape index (κ1) is 13.8. The van der Waals surface area contributed by atoms with E-state index in [-0.39, 0.29) is 12.6 Å². The molecule has 0 heterocycles. The SMILES string of the molecule is COc1cc(C)cc(OC)c1[C@@H](N)CCCO. The Balaban J connectivity index is 3.09. The van der Waals surface area contributed by atoms with Gasteiger partial charge in [-0.2, -0.15) is 0 Å². The molecular formula is C13H21NO3. The summed E-state index contributed by atoms with van der Waals surface area (Å²) in [5, 5.41) is 8.84. The monoisotopic (exact) mass is 239 g/mol. The molecule has 17 heavy (non-hydrogen) atoms. The quantitative estimate of drug-likeness (QED) is 0.794. The van der Waals surface area contributed by atoms with Gasteiger partial charge in [0.05, 0.1) is 19.8 Å². The van der Waals surface area contributed by atoms with Gasteiger partial charge in [0.15, 0.2) is 0 Å². The second-order valence-corrected chi connectivity index (χ2v) is 4.06. The van der Waals surface area contributed by atoms with E-state index in [1.807, 2.05) is 19.1 Å². The number of nitrogens with two attached hydrogens (primary N) is 1. The van der Waals surface area contributed by atoms with E-state index in [0.717, 1.165) is 22.6 Å². The fourth-order valence-electron chi connectivity index (χ4n) is 1.89. The number of aliphatic hydroxyl groups excluding tert-OH is 1. The predicted octanol–water partition coefficient (Wildman–Crippen LogP) is 1.78. The molecule has 1 aromatic rings. The molecule has 0 unspecified atom stereocenters. The highest BCUT2D eigenvalue weighted by atomic mass is 16.5. The average molecular weight is 239 g/mol. The largest absolute Gasteiger partial charge is 0.496 e. The Labute approximate surface area is 102 Å². The summed E-state index contributed by atoms with van der Waals surface area (Å²) >= 11 is 0. The average Bonchev–Trinajstić information content (AvgIpc) is 2.34. The molecule has 4 heteroatoms. The normalized spacial score (nSPS) is 12.3. The molecule has 96 valence electrons. The minimum Gasteiger partial charge on any atom is -0.496 e. The number of benzene rings is 1. The van der Waals surface area contributed by atoms with Gasteiger partial charge in [-0.1, -0.05) is 0 Å². The summed E-state index contributed by atoms with van der Waals surface area (Å²) in [6.45, 7) is 2.12. The summed E-state index contributed by atoms with van der Waals surface area (Å²) in [5.41, 5.74) is 8.05. The van der Waals surface area contributed by atoms with Crippen molar-refractivity contribution in [1.82, 2.24) is 0 Å². The van der Waals surface area contributed by atoms with Crippen LogP contribution in [0.3, 0.4) is 0 Å². The van der Waals surface area contributed by atoms with Crippen molar-refractivity contribution in [3.05, 3.63) is 23.3 Å². The third-order valence-corrected chi connectivity index (χ3v) is 2.73. The minimum atomic E-state index is -0.187. The molecule has 0 aliphatic carbocycles. The van der Waals surface area contributed by atoms with Crippen LogP contribution in [0.15, 0.2) is 12.1 Å². The molecule has 0 aliphatic heterocycles. The van der Waals surface area contributed by atoms with Crippen molar-refractivity contribution in [2.24, 2.45) is 5.73 Å². The molecule has 1 atom stereocenters. The Morgan fingerprint density at radius 3 is 2.18 bits per heavy atom. The highest BCUT2D eigenvalue weighted by molar-refractivity contribution is 5.49. The van der Waals surface area contributed by atoms with Crippen molar-refractivity contribution in [2.75, 3.05) is 20.8 Å². The maximum absolute atomic E-state index is 8.84. The van der Waals surface area contributed by atoms with Crippen LogP contribution in [0, 0.1) is 6.92 Å². The van der Waals surface area contributed by atoms with Crippen LogP contribution in [0.2, 0.25) is 0 Å². The maximum atomic E-state index is 8.84. The van der Waals surface area contributed by atoms with Gasteiger partial charge in [-0.15, -0.1) is 0 Å². The summed E-state index contributed by atoms with van der Waals surface area (Å²) in [6.07, 6.45) is 1.37. The lowest BCUT2D eigenvalue weighted by atomic mass is 9.99. The van der Waals surface area contributed by atoms with Crippen molar-refractivity contribution in [2.45, 2.75) is 25.8 Å².